The van der Waals surface area contributed by atoms with E-state index in [0.717, 1.165) is 0 Å². The average Bonchev–Trinajstić information content (AvgIpc) is 1.57. The largest absolute Gasteiger partial charge is 2.00 e. The van der Waals surface area contributed by atoms with Gasteiger partial charge in [0.05, 0.1) is 0 Å². The summed E-state index contributed by atoms with van der Waals surface area (Å²) in [5.41, 5.74) is 0. The molecule has 12 heteroatoms. The fourth-order valence-corrected chi connectivity index (χ4v) is 0.735. The molecule has 0 aromatic rings. The Morgan fingerprint density at radius 1 is 0.750 bits per heavy atom. The summed E-state index contributed by atoms with van der Waals surface area (Å²) < 4.78 is 24.1. The molecule has 0 heterocycles. The van der Waals surface area contributed by atoms with Crippen molar-refractivity contribution in [2.75, 3.05) is 0 Å². The Labute approximate surface area is 99.3 Å². The molecule has 12 heavy (non-hydrogen) atoms. The number of hydrogen-bond acceptors (Lipinski definition) is 8. The fraction of sp³-hybridized carbons (Fsp3) is 0. The maximum atomic E-state index is 9.40. The zero-order valence-corrected chi connectivity index (χ0v) is 10.2. The molecule has 62 valence electrons. The Morgan fingerprint density at radius 2 is 0.917 bits per heavy atom. The second kappa shape index (κ2) is 7.10. The molecule has 0 aliphatic rings. The smallest absolute Gasteiger partial charge is 0.788 e. The molecule has 0 N–H and O–H groups in total. The Bertz CT molecular complexity index is 165. The monoisotopic (exact) mass is 238 g/mol. The first kappa shape index (κ1) is 19.3. The van der Waals surface area contributed by atoms with Crippen LogP contribution in [0.4, 0.5) is 0 Å². The summed E-state index contributed by atoms with van der Waals surface area (Å²) in [6.07, 6.45) is 0. The van der Waals surface area contributed by atoms with E-state index < -0.39 is 15.6 Å². The van der Waals surface area contributed by atoms with E-state index in [1.54, 1.807) is 0 Å². The molecule has 0 rings (SSSR count). The molecule has 0 unspecified atom stereocenters. The zero-order valence-electron chi connectivity index (χ0n) is 5.57. The molecule has 0 atom stereocenters. The van der Waals surface area contributed by atoms with Crippen LogP contribution in [0.15, 0.2) is 0 Å². The van der Waals surface area contributed by atoms with Crippen LogP contribution in [-0.4, -0.2) is 46.1 Å². The number of hydrogen-bond donors (Lipinski definition) is 0. The molecule has 8 nitrogen and oxygen atoms in total. The van der Waals surface area contributed by atoms with E-state index >= 15 is 0 Å². The minimum atomic E-state index is -5.56. The molecule has 0 bridgehead atoms. The summed E-state index contributed by atoms with van der Waals surface area (Å²) in [4.78, 5) is 37.6. The molecule has 0 saturated heterocycles. The van der Waals surface area contributed by atoms with Crippen LogP contribution < -0.4 is 19.6 Å². The minimum Gasteiger partial charge on any atom is -0.788 e. The van der Waals surface area contributed by atoms with Crippen LogP contribution in [0.5, 0.6) is 0 Å². The molecule has 0 aliphatic carbocycles. The molecule has 0 spiro atoms. The molecule has 0 radical (unpaired) electrons. The second-order valence-electron chi connectivity index (χ2n) is 1.04. The maximum absolute atomic E-state index is 9.40. The normalized spacial score (nSPS) is 11.3. The predicted octanol–water partition coefficient (Wildman–Crippen LogP) is -4.17. The van der Waals surface area contributed by atoms with E-state index in [2.05, 4.69) is 9.35 Å². The Hall–Kier alpha value is 1.75. The third kappa shape index (κ3) is 17.7. The van der Waals surface area contributed by atoms with Gasteiger partial charge in [-0.1, -0.05) is 0 Å². The van der Waals surface area contributed by atoms with Crippen LogP contribution in [0.2, 0.25) is 0 Å². The molecular weight excluding hydrogens is 239 g/mol. The minimum absolute atomic E-state index is 0. The standard InChI is InChI=1S/2Mg.H4O8P2/c;;1-9(2,3)7-8-10(4,5)6/h;;(H2,1,2,3)(H2,4,5,6)/q2*+2;/p-4. The first-order valence-electron chi connectivity index (χ1n) is 1.63. The SMILES string of the molecule is O=P([O-])([O-])OOP(=O)([O-])[O-].[Mg+2].[Mg+2]. The van der Waals surface area contributed by atoms with Gasteiger partial charge >= 0.3 is 46.1 Å². The fourth-order valence-electron chi connectivity index (χ4n) is 0.0816. The van der Waals surface area contributed by atoms with E-state index in [9.17, 15) is 28.7 Å². The van der Waals surface area contributed by atoms with Crippen LogP contribution in [0.1, 0.15) is 0 Å². The predicted molar refractivity (Wildman–Crippen MR) is 28.9 cm³/mol. The van der Waals surface area contributed by atoms with Crippen LogP contribution >= 0.6 is 15.6 Å². The van der Waals surface area contributed by atoms with Gasteiger partial charge < -0.3 is 28.7 Å². The van der Waals surface area contributed by atoms with Crippen molar-refractivity contribution in [3.63, 3.8) is 0 Å². The first-order chi connectivity index (χ1) is 4.21. The molecule has 0 aliphatic heterocycles. The van der Waals surface area contributed by atoms with Crippen LogP contribution in [0, 0.1) is 0 Å². The molecule has 0 amide bonds. The molecular formula is Mg2O8P2. The van der Waals surface area contributed by atoms with E-state index in [4.69, 9.17) is 0 Å². The average molecular weight is 239 g/mol. The van der Waals surface area contributed by atoms with Gasteiger partial charge in [-0.25, -0.2) is 9.35 Å². The van der Waals surface area contributed by atoms with Crippen LogP contribution in [-0.2, 0) is 18.5 Å². The molecule has 0 saturated carbocycles. The third-order valence-electron chi connectivity index (χ3n) is 0.216. The van der Waals surface area contributed by atoms with Crippen molar-refractivity contribution in [1.82, 2.24) is 0 Å². The van der Waals surface area contributed by atoms with E-state index in [1.165, 1.54) is 0 Å². The summed E-state index contributed by atoms with van der Waals surface area (Å²) in [6.45, 7) is 0. The van der Waals surface area contributed by atoms with Gasteiger partial charge in [-0.15, -0.1) is 0 Å². The second-order valence-corrected chi connectivity index (χ2v) is 3.13. The van der Waals surface area contributed by atoms with E-state index in [-0.39, 0.29) is 46.1 Å². The zero-order chi connectivity index (χ0) is 8.41. The summed E-state index contributed by atoms with van der Waals surface area (Å²) in [6, 6.07) is 0. The van der Waals surface area contributed by atoms with Gasteiger partial charge in [0.25, 0.3) is 0 Å². The quantitative estimate of drug-likeness (QED) is 0.208. The van der Waals surface area contributed by atoms with Crippen molar-refractivity contribution in [3.8, 4) is 0 Å². The van der Waals surface area contributed by atoms with Gasteiger partial charge in [-0.05, 0) is 0 Å². The van der Waals surface area contributed by atoms with Crippen LogP contribution in [0.25, 0.3) is 0 Å². The van der Waals surface area contributed by atoms with E-state index in [0.29, 0.717) is 0 Å². The van der Waals surface area contributed by atoms with Crippen molar-refractivity contribution in [2.24, 2.45) is 0 Å². The summed E-state index contributed by atoms with van der Waals surface area (Å²) in [7, 11) is -11.1. The first-order valence-corrected chi connectivity index (χ1v) is 4.55. The third-order valence-corrected chi connectivity index (χ3v) is 0.848. The molecule has 0 aromatic heterocycles. The van der Waals surface area contributed by atoms with Gasteiger partial charge in [0, 0.05) is 0 Å². The number of phosphoric acid groups is 2. The maximum Gasteiger partial charge on any atom is 2.00 e. The number of rotatable bonds is 3. The van der Waals surface area contributed by atoms with Crippen molar-refractivity contribution >= 4 is 61.8 Å². The Kier molecular flexibility index (Phi) is 11.4. The van der Waals surface area contributed by atoms with Gasteiger partial charge in [-0.2, -0.15) is 0 Å². The van der Waals surface area contributed by atoms with Crippen molar-refractivity contribution in [2.45, 2.75) is 0 Å². The van der Waals surface area contributed by atoms with Crippen molar-refractivity contribution in [3.05, 3.63) is 0 Å². The van der Waals surface area contributed by atoms with Gasteiger partial charge in [0.2, 0.25) is 0 Å². The van der Waals surface area contributed by atoms with Crippen molar-refractivity contribution in [1.29, 1.82) is 0 Å². The Balaban J connectivity index is -0.000000405. The van der Waals surface area contributed by atoms with Gasteiger partial charge in [-0.3, -0.25) is 0 Å². The Morgan fingerprint density at radius 3 is 1.00 bits per heavy atom. The van der Waals surface area contributed by atoms with Crippen molar-refractivity contribution < 1.29 is 38.1 Å². The van der Waals surface area contributed by atoms with E-state index in [1.807, 2.05) is 0 Å². The summed E-state index contributed by atoms with van der Waals surface area (Å²) in [5, 5.41) is 0. The van der Waals surface area contributed by atoms with Crippen LogP contribution in [0.3, 0.4) is 0 Å². The summed E-state index contributed by atoms with van der Waals surface area (Å²) in [5.74, 6) is 0. The molecule has 0 aromatic carbocycles. The topological polar surface area (TPSA) is 145 Å². The van der Waals surface area contributed by atoms with Gasteiger partial charge in [0.15, 0.2) is 0 Å². The summed E-state index contributed by atoms with van der Waals surface area (Å²) >= 11 is 0. The molecule has 0 fully saturated rings. The van der Waals surface area contributed by atoms with Gasteiger partial charge in [0.1, 0.15) is 15.6 Å².